The molecule has 0 aliphatic rings. The summed E-state index contributed by atoms with van der Waals surface area (Å²) in [6.45, 7) is 8.42. The van der Waals surface area contributed by atoms with Crippen molar-refractivity contribution in [3.05, 3.63) is 119 Å². The van der Waals surface area contributed by atoms with Gasteiger partial charge in [-0.1, -0.05) is 116 Å². The maximum Gasteiger partial charge on any atom is 0.303 e. The highest BCUT2D eigenvalue weighted by Crippen LogP contribution is 2.40. The van der Waals surface area contributed by atoms with E-state index in [4.69, 9.17) is 9.47 Å². The normalized spacial score (nSPS) is 13.1. The SMILES string of the molecule is CC(=O)O[C@@H](/C=C/[Si](C)(C)C)COC(c1ccccc1)(c1ccccc1)c1ccccc1. The molecule has 3 aromatic carbocycles. The third kappa shape index (κ3) is 6.06. The van der Waals surface area contributed by atoms with E-state index in [-0.39, 0.29) is 12.6 Å². The van der Waals surface area contributed by atoms with E-state index < -0.39 is 19.8 Å². The van der Waals surface area contributed by atoms with E-state index in [1.807, 2.05) is 60.7 Å². The number of benzene rings is 3. The lowest BCUT2D eigenvalue weighted by Crippen LogP contribution is -2.36. The Morgan fingerprint density at radius 3 is 1.56 bits per heavy atom. The molecule has 0 unspecified atom stereocenters. The fourth-order valence-electron chi connectivity index (χ4n) is 3.71. The van der Waals surface area contributed by atoms with Crippen LogP contribution >= 0.6 is 0 Å². The predicted molar refractivity (Wildman–Crippen MR) is 133 cm³/mol. The highest BCUT2D eigenvalue weighted by molar-refractivity contribution is 6.80. The fraction of sp³-hybridized carbons (Fsp3) is 0.250. The van der Waals surface area contributed by atoms with Crippen molar-refractivity contribution in [2.24, 2.45) is 0 Å². The highest BCUT2D eigenvalue weighted by Gasteiger charge is 2.38. The van der Waals surface area contributed by atoms with Crippen molar-refractivity contribution in [2.75, 3.05) is 6.61 Å². The monoisotopic (exact) mass is 444 g/mol. The van der Waals surface area contributed by atoms with Gasteiger partial charge in [0.1, 0.15) is 11.7 Å². The van der Waals surface area contributed by atoms with Crippen LogP contribution in [0, 0.1) is 0 Å². The van der Waals surface area contributed by atoms with Gasteiger partial charge in [0.25, 0.3) is 0 Å². The molecule has 0 aliphatic heterocycles. The zero-order valence-corrected chi connectivity index (χ0v) is 20.3. The number of hydrogen-bond donors (Lipinski definition) is 0. The fourth-order valence-corrected chi connectivity index (χ4v) is 4.51. The molecule has 0 aliphatic carbocycles. The Labute approximate surface area is 192 Å². The third-order valence-corrected chi connectivity index (χ3v) is 6.33. The van der Waals surface area contributed by atoms with Gasteiger partial charge in [-0.25, -0.2) is 0 Å². The highest BCUT2D eigenvalue weighted by atomic mass is 28.3. The topological polar surface area (TPSA) is 35.5 Å². The molecule has 0 radical (unpaired) electrons. The van der Waals surface area contributed by atoms with E-state index in [1.165, 1.54) is 6.92 Å². The summed E-state index contributed by atoms with van der Waals surface area (Å²) in [6.07, 6.45) is 1.52. The molecule has 0 bridgehead atoms. The number of rotatable bonds is 9. The first kappa shape index (κ1) is 23.7. The maximum absolute atomic E-state index is 11.8. The van der Waals surface area contributed by atoms with Gasteiger partial charge in [0.05, 0.1) is 14.7 Å². The Morgan fingerprint density at radius 1 is 0.812 bits per heavy atom. The van der Waals surface area contributed by atoms with Gasteiger partial charge in [0.2, 0.25) is 0 Å². The average molecular weight is 445 g/mol. The molecule has 0 saturated carbocycles. The van der Waals surface area contributed by atoms with Crippen LogP contribution in [0.5, 0.6) is 0 Å². The first-order chi connectivity index (χ1) is 15.3. The molecular weight excluding hydrogens is 412 g/mol. The lowest BCUT2D eigenvalue weighted by atomic mass is 9.80. The lowest BCUT2D eigenvalue weighted by molar-refractivity contribution is -0.148. The van der Waals surface area contributed by atoms with Crippen molar-refractivity contribution >= 4 is 14.0 Å². The number of hydrogen-bond acceptors (Lipinski definition) is 3. The van der Waals surface area contributed by atoms with Crippen molar-refractivity contribution in [1.82, 2.24) is 0 Å². The number of carbonyl (C=O) groups is 1. The Kier molecular flexibility index (Phi) is 7.83. The smallest absolute Gasteiger partial charge is 0.303 e. The van der Waals surface area contributed by atoms with Crippen molar-refractivity contribution in [3.8, 4) is 0 Å². The summed E-state index contributed by atoms with van der Waals surface area (Å²) < 4.78 is 12.4. The molecular formula is C28H32O3Si. The van der Waals surface area contributed by atoms with Crippen molar-refractivity contribution in [2.45, 2.75) is 38.3 Å². The number of esters is 1. The molecule has 32 heavy (non-hydrogen) atoms. The van der Waals surface area contributed by atoms with Crippen LogP contribution in [-0.2, 0) is 19.9 Å². The molecule has 4 heteroatoms. The maximum atomic E-state index is 11.8. The van der Waals surface area contributed by atoms with Crippen LogP contribution < -0.4 is 0 Å². The van der Waals surface area contributed by atoms with E-state index >= 15 is 0 Å². The summed E-state index contributed by atoms with van der Waals surface area (Å²) in [5, 5.41) is 0. The summed E-state index contributed by atoms with van der Waals surface area (Å²) in [4.78, 5) is 11.8. The predicted octanol–water partition coefficient (Wildman–Crippen LogP) is 6.36. The summed E-state index contributed by atoms with van der Waals surface area (Å²) in [5.74, 6) is -0.316. The minimum atomic E-state index is -1.47. The van der Waals surface area contributed by atoms with Gasteiger partial charge in [-0.15, -0.1) is 0 Å². The molecule has 0 spiro atoms. The van der Waals surface area contributed by atoms with E-state index in [1.54, 1.807) is 0 Å². The first-order valence-corrected chi connectivity index (χ1v) is 14.6. The van der Waals surface area contributed by atoms with Crippen LogP contribution in [0.2, 0.25) is 19.6 Å². The van der Waals surface area contributed by atoms with Crippen LogP contribution in [0.25, 0.3) is 0 Å². The van der Waals surface area contributed by atoms with Gasteiger partial charge >= 0.3 is 5.97 Å². The van der Waals surface area contributed by atoms with Crippen LogP contribution in [0.3, 0.4) is 0 Å². The summed E-state index contributed by atoms with van der Waals surface area (Å²) in [6, 6.07) is 30.6. The Bertz CT molecular complexity index is 912. The second kappa shape index (κ2) is 10.6. The first-order valence-electron chi connectivity index (χ1n) is 11.0. The largest absolute Gasteiger partial charge is 0.456 e. The summed E-state index contributed by atoms with van der Waals surface area (Å²) in [5.41, 5.74) is 4.42. The molecule has 0 saturated heterocycles. The minimum Gasteiger partial charge on any atom is -0.456 e. The van der Waals surface area contributed by atoms with Crippen molar-refractivity contribution < 1.29 is 14.3 Å². The lowest BCUT2D eigenvalue weighted by Gasteiger charge is -2.36. The van der Waals surface area contributed by atoms with E-state index in [0.717, 1.165) is 16.7 Å². The Morgan fingerprint density at radius 2 is 1.22 bits per heavy atom. The molecule has 0 N–H and O–H groups in total. The average Bonchev–Trinajstić information content (AvgIpc) is 2.79. The molecule has 0 amide bonds. The molecule has 0 fully saturated rings. The molecule has 3 nitrogen and oxygen atoms in total. The van der Waals surface area contributed by atoms with Crippen LogP contribution in [0.15, 0.2) is 103 Å². The van der Waals surface area contributed by atoms with Gasteiger partial charge in [-0.3, -0.25) is 4.79 Å². The number of carbonyl (C=O) groups excluding carboxylic acids is 1. The molecule has 0 heterocycles. The second-order valence-electron chi connectivity index (χ2n) is 8.96. The van der Waals surface area contributed by atoms with E-state index in [2.05, 4.69) is 61.7 Å². The zero-order valence-electron chi connectivity index (χ0n) is 19.3. The number of ether oxygens (including phenoxy) is 2. The van der Waals surface area contributed by atoms with E-state index in [9.17, 15) is 4.79 Å². The Balaban J connectivity index is 2.10. The minimum absolute atomic E-state index is 0.235. The van der Waals surface area contributed by atoms with Crippen LogP contribution in [0.1, 0.15) is 23.6 Å². The molecule has 0 aromatic heterocycles. The third-order valence-electron chi connectivity index (χ3n) is 5.13. The van der Waals surface area contributed by atoms with Gasteiger partial charge < -0.3 is 9.47 Å². The Hall–Kier alpha value is -2.95. The molecule has 1 atom stereocenters. The van der Waals surface area contributed by atoms with Gasteiger partial charge in [-0.05, 0) is 22.8 Å². The quantitative estimate of drug-likeness (QED) is 0.219. The zero-order chi connectivity index (χ0) is 23.0. The van der Waals surface area contributed by atoms with Crippen LogP contribution in [0.4, 0.5) is 0 Å². The summed E-state index contributed by atoms with van der Waals surface area (Å²) >= 11 is 0. The summed E-state index contributed by atoms with van der Waals surface area (Å²) in [7, 11) is -1.47. The van der Waals surface area contributed by atoms with Gasteiger partial charge in [-0.2, -0.15) is 0 Å². The van der Waals surface area contributed by atoms with E-state index in [0.29, 0.717) is 0 Å². The molecule has 3 rings (SSSR count). The standard InChI is InChI=1S/C28H32O3Si/c1-23(29)31-27(20-21-32(2,3)4)22-30-28(24-14-8-5-9-15-24,25-16-10-6-11-17-25)26-18-12-7-13-19-26/h5-21,27H,22H2,1-4H3/b21-20+/t27-/m0/s1. The van der Waals surface area contributed by atoms with Gasteiger partial charge in [0.15, 0.2) is 0 Å². The van der Waals surface area contributed by atoms with Crippen molar-refractivity contribution in [1.29, 1.82) is 0 Å². The molecule has 3 aromatic rings. The van der Waals surface area contributed by atoms with Gasteiger partial charge in [0, 0.05) is 6.92 Å². The molecule has 166 valence electrons. The second-order valence-corrected chi connectivity index (χ2v) is 14.0. The van der Waals surface area contributed by atoms with Crippen LogP contribution in [-0.4, -0.2) is 26.8 Å². The van der Waals surface area contributed by atoms with Crippen molar-refractivity contribution in [3.63, 3.8) is 0 Å².